The third kappa shape index (κ3) is 5.60. The van der Waals surface area contributed by atoms with Gasteiger partial charge in [0.25, 0.3) is 0 Å². The van der Waals surface area contributed by atoms with Gasteiger partial charge in [-0.3, -0.25) is 0 Å². The molecule has 0 atom stereocenters. The molecule has 0 aliphatic rings. The molecular formula is C12H15F3N2O2. The second-order valence-electron chi connectivity index (χ2n) is 3.80. The van der Waals surface area contributed by atoms with Crippen molar-refractivity contribution in [2.24, 2.45) is 0 Å². The van der Waals surface area contributed by atoms with Crippen LogP contribution in [0.3, 0.4) is 0 Å². The first-order valence-electron chi connectivity index (χ1n) is 5.64. The fourth-order valence-electron chi connectivity index (χ4n) is 1.34. The van der Waals surface area contributed by atoms with E-state index < -0.39 is 17.8 Å². The van der Waals surface area contributed by atoms with Gasteiger partial charge < -0.3 is 15.4 Å². The summed E-state index contributed by atoms with van der Waals surface area (Å²) >= 11 is 0. The van der Waals surface area contributed by atoms with E-state index in [2.05, 4.69) is 10.6 Å². The number of benzene rings is 1. The van der Waals surface area contributed by atoms with Crippen LogP contribution in [0.4, 0.5) is 23.7 Å². The molecule has 106 valence electrons. The third-order valence-corrected chi connectivity index (χ3v) is 2.28. The number of carbonyl (C=O) groups is 1. The van der Waals surface area contributed by atoms with Crippen molar-refractivity contribution < 1.29 is 22.7 Å². The van der Waals surface area contributed by atoms with E-state index in [4.69, 9.17) is 4.74 Å². The standard InChI is InChI=1S/C12H15F3N2O2/c1-19-8-2-7-16-11(18)17-10-5-3-9(4-6-10)12(13,14)15/h3-6H,2,7-8H2,1H3,(H2,16,17,18). The van der Waals surface area contributed by atoms with Crippen molar-refractivity contribution in [3.63, 3.8) is 0 Å². The molecule has 19 heavy (non-hydrogen) atoms. The Morgan fingerprint density at radius 2 is 1.89 bits per heavy atom. The molecule has 0 radical (unpaired) electrons. The zero-order valence-corrected chi connectivity index (χ0v) is 10.4. The maximum absolute atomic E-state index is 12.3. The van der Waals surface area contributed by atoms with E-state index in [1.807, 2.05) is 0 Å². The van der Waals surface area contributed by atoms with E-state index in [1.54, 1.807) is 7.11 Å². The van der Waals surface area contributed by atoms with E-state index in [0.29, 0.717) is 25.3 Å². The van der Waals surface area contributed by atoms with E-state index >= 15 is 0 Å². The summed E-state index contributed by atoms with van der Waals surface area (Å²) in [6.45, 7) is 0.959. The van der Waals surface area contributed by atoms with Crippen molar-refractivity contribution >= 4 is 11.7 Å². The number of methoxy groups -OCH3 is 1. The first-order valence-corrected chi connectivity index (χ1v) is 5.64. The SMILES string of the molecule is COCCCNC(=O)Nc1ccc(C(F)(F)F)cc1. The van der Waals surface area contributed by atoms with E-state index in [9.17, 15) is 18.0 Å². The summed E-state index contributed by atoms with van der Waals surface area (Å²) in [7, 11) is 1.56. The van der Waals surface area contributed by atoms with Crippen LogP contribution in [0.15, 0.2) is 24.3 Å². The lowest BCUT2D eigenvalue weighted by atomic mass is 10.2. The van der Waals surface area contributed by atoms with Gasteiger partial charge in [0.1, 0.15) is 0 Å². The van der Waals surface area contributed by atoms with Crippen molar-refractivity contribution in [3.8, 4) is 0 Å². The minimum atomic E-state index is -4.37. The van der Waals surface area contributed by atoms with Crippen LogP contribution in [0.5, 0.6) is 0 Å². The zero-order chi connectivity index (χ0) is 14.3. The molecule has 0 heterocycles. The van der Waals surface area contributed by atoms with Gasteiger partial charge in [-0.05, 0) is 30.7 Å². The Bertz CT molecular complexity index is 404. The first-order chi connectivity index (χ1) is 8.93. The molecule has 2 amide bonds. The average molecular weight is 276 g/mol. The summed E-state index contributed by atoms with van der Waals surface area (Å²) in [4.78, 5) is 11.4. The molecule has 1 aromatic rings. The lowest BCUT2D eigenvalue weighted by Crippen LogP contribution is -2.30. The lowest BCUT2D eigenvalue weighted by Gasteiger charge is -2.09. The number of hydrogen-bond acceptors (Lipinski definition) is 2. The molecule has 0 unspecified atom stereocenters. The Hall–Kier alpha value is -1.76. The number of hydrogen-bond donors (Lipinski definition) is 2. The van der Waals surface area contributed by atoms with Crippen LogP contribution in [-0.4, -0.2) is 26.3 Å². The predicted molar refractivity (Wildman–Crippen MR) is 65.0 cm³/mol. The molecule has 0 aromatic heterocycles. The summed E-state index contributed by atoms with van der Waals surface area (Å²) < 4.78 is 41.7. The Labute approximate surface area is 108 Å². The molecule has 0 fully saturated rings. The number of rotatable bonds is 5. The molecule has 1 aromatic carbocycles. The van der Waals surface area contributed by atoms with Crippen molar-refractivity contribution in [3.05, 3.63) is 29.8 Å². The van der Waals surface area contributed by atoms with Crippen LogP contribution < -0.4 is 10.6 Å². The molecule has 0 aliphatic carbocycles. The molecule has 2 N–H and O–H groups in total. The highest BCUT2D eigenvalue weighted by atomic mass is 19.4. The number of ether oxygens (including phenoxy) is 1. The number of urea groups is 1. The quantitative estimate of drug-likeness (QED) is 0.812. The minimum Gasteiger partial charge on any atom is -0.385 e. The van der Waals surface area contributed by atoms with Crippen LogP contribution in [-0.2, 0) is 10.9 Å². The maximum Gasteiger partial charge on any atom is 0.416 e. The molecule has 0 spiro atoms. The molecule has 4 nitrogen and oxygen atoms in total. The summed E-state index contributed by atoms with van der Waals surface area (Å²) in [6, 6.07) is 3.78. The van der Waals surface area contributed by atoms with Crippen LogP contribution in [0.1, 0.15) is 12.0 Å². The van der Waals surface area contributed by atoms with Crippen LogP contribution >= 0.6 is 0 Å². The monoisotopic (exact) mass is 276 g/mol. The smallest absolute Gasteiger partial charge is 0.385 e. The summed E-state index contributed by atoms with van der Waals surface area (Å²) in [6.07, 6.45) is -3.71. The number of halogens is 3. The highest BCUT2D eigenvalue weighted by Crippen LogP contribution is 2.29. The number of anilines is 1. The van der Waals surface area contributed by atoms with Gasteiger partial charge in [0.15, 0.2) is 0 Å². The van der Waals surface area contributed by atoms with Gasteiger partial charge in [0, 0.05) is 25.9 Å². The van der Waals surface area contributed by atoms with Gasteiger partial charge in [0.2, 0.25) is 0 Å². The van der Waals surface area contributed by atoms with Gasteiger partial charge in [-0.1, -0.05) is 0 Å². The second-order valence-corrected chi connectivity index (χ2v) is 3.80. The fraction of sp³-hybridized carbons (Fsp3) is 0.417. The summed E-state index contributed by atoms with van der Waals surface area (Å²) in [5.41, 5.74) is -0.448. The van der Waals surface area contributed by atoms with E-state index in [0.717, 1.165) is 12.1 Å². The van der Waals surface area contributed by atoms with Gasteiger partial charge in [-0.25, -0.2) is 4.79 Å². The summed E-state index contributed by atoms with van der Waals surface area (Å²) in [5.74, 6) is 0. The number of alkyl halides is 3. The normalized spacial score (nSPS) is 11.2. The Morgan fingerprint density at radius 3 is 2.42 bits per heavy atom. The predicted octanol–water partition coefficient (Wildman–Crippen LogP) is 2.86. The highest BCUT2D eigenvalue weighted by Gasteiger charge is 2.29. The number of nitrogens with one attached hydrogen (secondary N) is 2. The molecule has 0 bridgehead atoms. The van der Waals surface area contributed by atoms with Crippen molar-refractivity contribution in [2.45, 2.75) is 12.6 Å². The van der Waals surface area contributed by atoms with Crippen LogP contribution in [0.2, 0.25) is 0 Å². The number of carbonyl (C=O) groups excluding carboxylic acids is 1. The topological polar surface area (TPSA) is 50.4 Å². The van der Waals surface area contributed by atoms with Gasteiger partial charge in [-0.15, -0.1) is 0 Å². The fourth-order valence-corrected chi connectivity index (χ4v) is 1.34. The van der Waals surface area contributed by atoms with Crippen molar-refractivity contribution in [2.75, 3.05) is 25.6 Å². The van der Waals surface area contributed by atoms with E-state index in [1.165, 1.54) is 12.1 Å². The largest absolute Gasteiger partial charge is 0.416 e. The Balaban J connectivity index is 2.43. The molecule has 1 rings (SSSR count). The third-order valence-electron chi connectivity index (χ3n) is 2.28. The van der Waals surface area contributed by atoms with Crippen molar-refractivity contribution in [1.82, 2.24) is 5.32 Å². The average Bonchev–Trinajstić information content (AvgIpc) is 2.34. The molecular weight excluding hydrogens is 261 g/mol. The highest BCUT2D eigenvalue weighted by molar-refractivity contribution is 5.89. The molecule has 0 saturated carbocycles. The second kappa shape index (κ2) is 6.98. The minimum absolute atomic E-state index is 0.303. The maximum atomic E-state index is 12.3. The summed E-state index contributed by atoms with van der Waals surface area (Å²) in [5, 5.41) is 5.00. The van der Waals surface area contributed by atoms with Crippen LogP contribution in [0, 0.1) is 0 Å². The number of amides is 2. The van der Waals surface area contributed by atoms with Crippen molar-refractivity contribution in [1.29, 1.82) is 0 Å². The Kier molecular flexibility index (Phi) is 5.62. The Morgan fingerprint density at radius 1 is 1.26 bits per heavy atom. The molecule has 0 aliphatic heterocycles. The first kappa shape index (κ1) is 15.3. The van der Waals surface area contributed by atoms with Gasteiger partial charge >= 0.3 is 12.2 Å². The molecule has 7 heteroatoms. The van der Waals surface area contributed by atoms with Gasteiger partial charge in [0.05, 0.1) is 5.56 Å². The van der Waals surface area contributed by atoms with Gasteiger partial charge in [-0.2, -0.15) is 13.2 Å². The van der Waals surface area contributed by atoms with E-state index in [-0.39, 0.29) is 0 Å². The molecule has 0 saturated heterocycles. The van der Waals surface area contributed by atoms with Crippen LogP contribution in [0.25, 0.3) is 0 Å². The zero-order valence-electron chi connectivity index (χ0n) is 10.4. The lowest BCUT2D eigenvalue weighted by molar-refractivity contribution is -0.137.